The molecule has 1 aliphatic rings. The third-order valence-electron chi connectivity index (χ3n) is 5.08. The first-order valence-corrected chi connectivity index (χ1v) is 9.33. The molecule has 0 spiro atoms. The molecule has 8 heteroatoms. The van der Waals surface area contributed by atoms with Crippen LogP contribution in [0.4, 0.5) is 0 Å². The molecule has 138 valence electrons. The molecule has 1 aliphatic heterocycles. The molecule has 1 saturated heterocycles. The molecule has 0 bridgehead atoms. The van der Waals surface area contributed by atoms with Gasteiger partial charge in [-0.05, 0) is 18.1 Å². The van der Waals surface area contributed by atoms with Crippen molar-refractivity contribution < 1.29 is 14.7 Å². The molecule has 0 aliphatic carbocycles. The Kier molecular flexibility index (Phi) is 4.27. The Morgan fingerprint density at radius 1 is 1.26 bits per heavy atom. The van der Waals surface area contributed by atoms with Gasteiger partial charge in [0.1, 0.15) is 4.83 Å². The number of hydrogen-bond donors (Lipinski definition) is 2. The second kappa shape index (κ2) is 6.62. The number of carboxylic acids is 1. The van der Waals surface area contributed by atoms with Gasteiger partial charge in [-0.25, -0.2) is 4.98 Å². The number of aliphatic carboxylic acids is 1. The van der Waals surface area contributed by atoms with Gasteiger partial charge in [0.15, 0.2) is 0 Å². The minimum absolute atomic E-state index is 0.144. The highest BCUT2D eigenvalue weighted by Gasteiger charge is 2.41. The van der Waals surface area contributed by atoms with Gasteiger partial charge in [0.25, 0.3) is 11.5 Å². The minimum atomic E-state index is -0.912. The van der Waals surface area contributed by atoms with Gasteiger partial charge in [-0.15, -0.1) is 11.3 Å². The predicted octanol–water partition coefficient (Wildman–Crippen LogP) is 2.23. The van der Waals surface area contributed by atoms with E-state index in [1.165, 1.54) is 17.7 Å². The molecule has 1 amide bonds. The number of aromatic nitrogens is 2. The molecular formula is C19H17N3O4S. The van der Waals surface area contributed by atoms with Crippen LogP contribution in [-0.2, 0) is 4.79 Å². The van der Waals surface area contributed by atoms with E-state index in [2.05, 4.69) is 9.97 Å². The number of nitrogens with one attached hydrogen (secondary N) is 1. The largest absolute Gasteiger partial charge is 0.481 e. The van der Waals surface area contributed by atoms with Gasteiger partial charge < -0.3 is 15.0 Å². The van der Waals surface area contributed by atoms with E-state index in [1.807, 2.05) is 30.3 Å². The van der Waals surface area contributed by atoms with E-state index >= 15 is 0 Å². The molecule has 2 aromatic heterocycles. The molecule has 1 aromatic carbocycles. The molecule has 7 nitrogen and oxygen atoms in total. The second-order valence-corrected chi connectivity index (χ2v) is 7.64. The summed E-state index contributed by atoms with van der Waals surface area (Å²) >= 11 is 1.17. The van der Waals surface area contributed by atoms with E-state index in [0.717, 1.165) is 5.56 Å². The van der Waals surface area contributed by atoms with Crippen molar-refractivity contribution in [2.45, 2.75) is 12.8 Å². The van der Waals surface area contributed by atoms with Crippen molar-refractivity contribution in [3.05, 3.63) is 63.0 Å². The van der Waals surface area contributed by atoms with Gasteiger partial charge in [-0.3, -0.25) is 14.4 Å². The summed E-state index contributed by atoms with van der Waals surface area (Å²) < 4.78 is 0. The number of carbonyl (C=O) groups is 2. The smallest absolute Gasteiger partial charge is 0.308 e. The van der Waals surface area contributed by atoms with Crippen molar-refractivity contribution in [3.8, 4) is 0 Å². The quantitative estimate of drug-likeness (QED) is 0.722. The summed E-state index contributed by atoms with van der Waals surface area (Å²) in [5, 5.41) is 10.0. The molecule has 3 aromatic rings. The van der Waals surface area contributed by atoms with Crippen molar-refractivity contribution in [2.75, 3.05) is 13.1 Å². The number of nitrogens with zero attached hydrogens (tertiary/aromatic N) is 2. The van der Waals surface area contributed by atoms with E-state index < -0.39 is 11.9 Å². The van der Waals surface area contributed by atoms with Gasteiger partial charge in [-0.1, -0.05) is 30.3 Å². The maximum atomic E-state index is 13.1. The summed E-state index contributed by atoms with van der Waals surface area (Å²) in [7, 11) is 0. The van der Waals surface area contributed by atoms with Gasteiger partial charge in [0, 0.05) is 19.0 Å². The van der Waals surface area contributed by atoms with E-state index in [4.69, 9.17) is 0 Å². The van der Waals surface area contributed by atoms with Crippen LogP contribution in [0.2, 0.25) is 0 Å². The third-order valence-corrected chi connectivity index (χ3v) is 6.27. The Morgan fingerprint density at radius 2 is 2.00 bits per heavy atom. The van der Waals surface area contributed by atoms with Crippen LogP contribution in [-0.4, -0.2) is 44.9 Å². The fourth-order valence-corrected chi connectivity index (χ4v) is 4.80. The van der Waals surface area contributed by atoms with Gasteiger partial charge in [0.05, 0.1) is 22.5 Å². The maximum Gasteiger partial charge on any atom is 0.308 e. The molecule has 3 heterocycles. The summed E-state index contributed by atoms with van der Waals surface area (Å²) in [5.41, 5.74) is 1.22. The monoisotopic (exact) mass is 383 g/mol. The molecule has 2 atom stereocenters. The van der Waals surface area contributed by atoms with Crippen LogP contribution < -0.4 is 5.56 Å². The Hall–Kier alpha value is -3.00. The summed E-state index contributed by atoms with van der Waals surface area (Å²) in [4.78, 5) is 46.1. The van der Waals surface area contributed by atoms with Crippen LogP contribution in [0.1, 0.15) is 26.7 Å². The zero-order valence-corrected chi connectivity index (χ0v) is 15.3. The Morgan fingerprint density at radius 3 is 2.67 bits per heavy atom. The lowest BCUT2D eigenvalue weighted by Gasteiger charge is -2.16. The van der Waals surface area contributed by atoms with Crippen LogP contribution >= 0.6 is 11.3 Å². The van der Waals surface area contributed by atoms with Crippen molar-refractivity contribution in [1.29, 1.82) is 0 Å². The Labute approximate surface area is 158 Å². The van der Waals surface area contributed by atoms with Crippen molar-refractivity contribution in [1.82, 2.24) is 14.9 Å². The number of thiophene rings is 1. The summed E-state index contributed by atoms with van der Waals surface area (Å²) in [5.74, 6) is -2.08. The lowest BCUT2D eigenvalue weighted by molar-refractivity contribution is -0.141. The number of carboxylic acid groups (broad SMARTS) is 1. The van der Waals surface area contributed by atoms with E-state index in [1.54, 1.807) is 11.8 Å². The van der Waals surface area contributed by atoms with E-state index in [-0.39, 0.29) is 23.9 Å². The normalized spacial score (nSPS) is 19.5. The number of hydrogen-bond acceptors (Lipinski definition) is 5. The van der Waals surface area contributed by atoms with E-state index in [0.29, 0.717) is 27.2 Å². The number of amides is 1. The van der Waals surface area contributed by atoms with Crippen LogP contribution in [0.3, 0.4) is 0 Å². The lowest BCUT2D eigenvalue weighted by Crippen LogP contribution is -2.29. The van der Waals surface area contributed by atoms with Crippen LogP contribution in [0, 0.1) is 12.8 Å². The van der Waals surface area contributed by atoms with Crippen molar-refractivity contribution >= 4 is 33.4 Å². The average molecular weight is 383 g/mol. The van der Waals surface area contributed by atoms with Crippen LogP contribution in [0.25, 0.3) is 10.2 Å². The topological polar surface area (TPSA) is 103 Å². The highest BCUT2D eigenvalue weighted by atomic mass is 32.1. The number of aromatic amines is 1. The van der Waals surface area contributed by atoms with Gasteiger partial charge in [0.2, 0.25) is 0 Å². The SMILES string of the molecule is Cc1c(C(=O)N2C[C@@H](C(=O)O)[C@H](c3ccccc3)C2)sc2nc[nH]c(=O)c12. The molecule has 27 heavy (non-hydrogen) atoms. The van der Waals surface area contributed by atoms with Gasteiger partial charge in [-0.2, -0.15) is 0 Å². The molecule has 0 saturated carbocycles. The zero-order chi connectivity index (χ0) is 19.1. The number of H-pyrrole nitrogens is 1. The fraction of sp³-hybridized carbons (Fsp3) is 0.263. The third kappa shape index (κ3) is 2.91. The minimum Gasteiger partial charge on any atom is -0.481 e. The maximum absolute atomic E-state index is 13.1. The zero-order valence-electron chi connectivity index (χ0n) is 14.5. The van der Waals surface area contributed by atoms with Crippen LogP contribution in [0.15, 0.2) is 41.5 Å². The first kappa shape index (κ1) is 17.4. The number of aryl methyl sites for hydroxylation is 1. The summed E-state index contributed by atoms with van der Waals surface area (Å²) in [6.45, 7) is 2.20. The van der Waals surface area contributed by atoms with Crippen molar-refractivity contribution in [3.63, 3.8) is 0 Å². The molecule has 0 radical (unpaired) electrons. The molecular weight excluding hydrogens is 366 g/mol. The second-order valence-electron chi connectivity index (χ2n) is 6.64. The summed E-state index contributed by atoms with van der Waals surface area (Å²) in [6, 6.07) is 9.40. The number of rotatable bonds is 3. The first-order valence-electron chi connectivity index (χ1n) is 8.51. The molecule has 0 unspecified atom stereocenters. The van der Waals surface area contributed by atoms with Crippen LogP contribution in [0.5, 0.6) is 0 Å². The summed E-state index contributed by atoms with van der Waals surface area (Å²) in [6.07, 6.45) is 1.32. The lowest BCUT2D eigenvalue weighted by atomic mass is 9.89. The average Bonchev–Trinajstić information content (AvgIpc) is 3.25. The number of benzene rings is 1. The standard InChI is InChI=1S/C19H17N3O4S/c1-10-14-16(23)20-9-21-17(14)27-15(10)18(24)22-7-12(13(8-22)19(25)26)11-5-3-2-4-6-11/h2-6,9,12-13H,7-8H2,1H3,(H,25,26)(H,20,21,23)/t12-,13+/m0/s1. The van der Waals surface area contributed by atoms with E-state index in [9.17, 15) is 19.5 Å². The number of carbonyl (C=O) groups excluding carboxylic acids is 1. The highest BCUT2D eigenvalue weighted by Crippen LogP contribution is 2.35. The molecule has 1 fully saturated rings. The number of likely N-dealkylation sites (tertiary alicyclic amines) is 1. The highest BCUT2D eigenvalue weighted by molar-refractivity contribution is 7.20. The molecule has 4 rings (SSSR count). The fourth-order valence-electron chi connectivity index (χ4n) is 3.68. The first-order chi connectivity index (χ1) is 13.0. The Balaban J connectivity index is 1.69. The van der Waals surface area contributed by atoms with Crippen molar-refractivity contribution in [2.24, 2.45) is 5.92 Å². The number of fused-ring (bicyclic) bond motifs is 1. The van der Waals surface area contributed by atoms with Gasteiger partial charge >= 0.3 is 5.97 Å². The predicted molar refractivity (Wildman–Crippen MR) is 101 cm³/mol. The Bertz CT molecular complexity index is 1090. The molecule has 2 N–H and O–H groups in total.